The van der Waals surface area contributed by atoms with E-state index < -0.39 is 10.0 Å². The number of rotatable bonds is 7. The third-order valence-corrected chi connectivity index (χ3v) is 6.46. The van der Waals surface area contributed by atoms with Crippen LogP contribution in [0.3, 0.4) is 0 Å². The van der Waals surface area contributed by atoms with Crippen LogP contribution in [0.25, 0.3) is 0 Å². The first kappa shape index (κ1) is 19.1. The van der Waals surface area contributed by atoms with E-state index in [0.29, 0.717) is 6.54 Å². The van der Waals surface area contributed by atoms with Crippen molar-refractivity contribution in [3.05, 3.63) is 71.8 Å². The van der Waals surface area contributed by atoms with E-state index in [9.17, 15) is 8.42 Å². The molecule has 4 nitrogen and oxygen atoms in total. The number of hydrogen-bond acceptors (Lipinski definition) is 3. The average molecular weight is 373 g/mol. The van der Waals surface area contributed by atoms with Crippen molar-refractivity contribution < 1.29 is 8.42 Å². The van der Waals surface area contributed by atoms with Gasteiger partial charge in [0.15, 0.2) is 0 Å². The molecule has 2 aromatic rings. The SMILES string of the molecule is CC1CCN([C@@H](CNS(=O)(=O)Cc2ccccc2)c2ccccc2)CC1. The smallest absolute Gasteiger partial charge is 0.215 e. The standard InChI is InChI=1S/C21H28N2O2S/c1-18-12-14-23(15-13-18)21(20-10-6-3-7-11-20)16-22-26(24,25)17-19-8-4-2-5-9-19/h2-11,18,21-22H,12-17H2,1H3/t21-/m0/s1. The van der Waals surface area contributed by atoms with Crippen LogP contribution in [0.5, 0.6) is 0 Å². The van der Waals surface area contributed by atoms with Crippen LogP contribution in [-0.4, -0.2) is 33.0 Å². The number of sulfonamides is 1. The second kappa shape index (κ2) is 8.80. The monoisotopic (exact) mass is 372 g/mol. The van der Waals surface area contributed by atoms with E-state index in [1.807, 2.05) is 48.5 Å². The number of piperidine rings is 1. The van der Waals surface area contributed by atoms with E-state index in [0.717, 1.165) is 24.6 Å². The largest absolute Gasteiger partial charge is 0.295 e. The fourth-order valence-corrected chi connectivity index (χ4v) is 4.67. The van der Waals surface area contributed by atoms with Crippen LogP contribution in [0.4, 0.5) is 0 Å². The minimum absolute atomic E-state index is 0.0202. The lowest BCUT2D eigenvalue weighted by atomic mass is 9.96. The molecule has 0 unspecified atom stereocenters. The Morgan fingerprint density at radius 1 is 1.00 bits per heavy atom. The van der Waals surface area contributed by atoms with Crippen molar-refractivity contribution in [2.45, 2.75) is 31.6 Å². The third-order valence-electron chi connectivity index (χ3n) is 5.14. The maximum Gasteiger partial charge on any atom is 0.215 e. The van der Waals surface area contributed by atoms with Gasteiger partial charge < -0.3 is 0 Å². The zero-order valence-electron chi connectivity index (χ0n) is 15.3. The number of nitrogens with one attached hydrogen (secondary N) is 1. The summed E-state index contributed by atoms with van der Waals surface area (Å²) in [5.41, 5.74) is 1.98. The highest BCUT2D eigenvalue weighted by atomic mass is 32.2. The van der Waals surface area contributed by atoms with Crippen molar-refractivity contribution in [1.29, 1.82) is 0 Å². The van der Waals surface area contributed by atoms with Crippen LogP contribution in [0.15, 0.2) is 60.7 Å². The molecular weight excluding hydrogens is 344 g/mol. The Hall–Kier alpha value is -1.69. The lowest BCUT2D eigenvalue weighted by Crippen LogP contribution is -2.42. The average Bonchev–Trinajstić information content (AvgIpc) is 2.64. The summed E-state index contributed by atoms with van der Waals surface area (Å²) in [6.45, 7) is 4.73. The lowest BCUT2D eigenvalue weighted by Gasteiger charge is -2.37. The topological polar surface area (TPSA) is 49.4 Å². The van der Waals surface area contributed by atoms with Gasteiger partial charge in [0.05, 0.1) is 5.75 Å². The van der Waals surface area contributed by atoms with Gasteiger partial charge >= 0.3 is 0 Å². The molecule has 0 aliphatic carbocycles. The molecule has 1 saturated heterocycles. The highest BCUT2D eigenvalue weighted by Crippen LogP contribution is 2.26. The second-order valence-corrected chi connectivity index (χ2v) is 9.04. The summed E-state index contributed by atoms with van der Waals surface area (Å²) in [5, 5.41) is 0. The van der Waals surface area contributed by atoms with E-state index >= 15 is 0 Å². The quantitative estimate of drug-likeness (QED) is 0.808. The van der Waals surface area contributed by atoms with Crippen molar-refractivity contribution in [1.82, 2.24) is 9.62 Å². The molecule has 0 aromatic heterocycles. The van der Waals surface area contributed by atoms with Gasteiger partial charge in [-0.1, -0.05) is 67.6 Å². The third kappa shape index (κ3) is 5.40. The van der Waals surface area contributed by atoms with Crippen LogP contribution in [0.1, 0.15) is 36.9 Å². The van der Waals surface area contributed by atoms with Crippen molar-refractivity contribution in [2.24, 2.45) is 5.92 Å². The van der Waals surface area contributed by atoms with Crippen LogP contribution < -0.4 is 4.72 Å². The normalized spacial score (nSPS) is 17.9. The first-order valence-corrected chi connectivity index (χ1v) is 11.0. The number of likely N-dealkylation sites (tertiary alicyclic amines) is 1. The Labute approximate surface area is 157 Å². The molecule has 0 bridgehead atoms. The molecule has 1 heterocycles. The van der Waals surface area contributed by atoms with Gasteiger partial charge in [0.25, 0.3) is 0 Å². The Morgan fingerprint density at radius 2 is 1.58 bits per heavy atom. The van der Waals surface area contributed by atoms with Gasteiger partial charge in [-0.05, 0) is 43.0 Å². The molecule has 26 heavy (non-hydrogen) atoms. The fourth-order valence-electron chi connectivity index (χ4n) is 3.52. The molecule has 1 fully saturated rings. The van der Waals surface area contributed by atoms with Crippen molar-refractivity contribution >= 4 is 10.0 Å². The number of benzene rings is 2. The van der Waals surface area contributed by atoms with Gasteiger partial charge in [-0.25, -0.2) is 13.1 Å². The molecule has 0 amide bonds. The molecule has 1 aliphatic heterocycles. The molecule has 0 saturated carbocycles. The lowest BCUT2D eigenvalue weighted by molar-refractivity contribution is 0.139. The van der Waals surface area contributed by atoms with Crippen molar-refractivity contribution in [3.8, 4) is 0 Å². The summed E-state index contributed by atoms with van der Waals surface area (Å²) < 4.78 is 27.9. The van der Waals surface area contributed by atoms with Crippen LogP contribution >= 0.6 is 0 Å². The fraction of sp³-hybridized carbons (Fsp3) is 0.429. The number of hydrogen-bond donors (Lipinski definition) is 1. The summed E-state index contributed by atoms with van der Waals surface area (Å²) in [4.78, 5) is 2.42. The van der Waals surface area contributed by atoms with E-state index in [-0.39, 0.29) is 11.8 Å². The Bertz CT molecular complexity index is 770. The molecule has 1 N–H and O–H groups in total. The molecule has 5 heteroatoms. The summed E-state index contributed by atoms with van der Waals surface area (Å²) in [7, 11) is -3.36. The van der Waals surface area contributed by atoms with Gasteiger partial charge in [-0.2, -0.15) is 0 Å². The Morgan fingerprint density at radius 3 is 2.19 bits per heavy atom. The van der Waals surface area contributed by atoms with Crippen molar-refractivity contribution in [2.75, 3.05) is 19.6 Å². The molecule has 1 atom stereocenters. The molecule has 140 valence electrons. The van der Waals surface area contributed by atoms with Gasteiger partial charge in [0.1, 0.15) is 0 Å². The van der Waals surface area contributed by atoms with Gasteiger partial charge in [-0.15, -0.1) is 0 Å². The highest BCUT2D eigenvalue weighted by molar-refractivity contribution is 7.88. The highest BCUT2D eigenvalue weighted by Gasteiger charge is 2.26. The molecule has 2 aromatic carbocycles. The Kier molecular flexibility index (Phi) is 6.46. The maximum absolute atomic E-state index is 12.5. The predicted octanol–water partition coefficient (Wildman–Crippen LogP) is 3.58. The molecule has 3 rings (SSSR count). The molecule has 0 radical (unpaired) electrons. The zero-order valence-corrected chi connectivity index (χ0v) is 16.2. The first-order chi connectivity index (χ1) is 12.5. The molecular formula is C21H28N2O2S. The van der Waals surface area contributed by atoms with Crippen LogP contribution in [-0.2, 0) is 15.8 Å². The maximum atomic E-state index is 12.5. The minimum Gasteiger partial charge on any atom is -0.295 e. The van der Waals surface area contributed by atoms with Crippen molar-refractivity contribution in [3.63, 3.8) is 0 Å². The van der Waals surface area contributed by atoms with E-state index in [4.69, 9.17) is 0 Å². The molecule has 1 aliphatic rings. The summed E-state index contributed by atoms with van der Waals surface area (Å²) >= 11 is 0. The van der Waals surface area contributed by atoms with Gasteiger partial charge in [-0.3, -0.25) is 4.90 Å². The second-order valence-electron chi connectivity index (χ2n) is 7.24. The van der Waals surface area contributed by atoms with Gasteiger partial charge in [0, 0.05) is 12.6 Å². The number of nitrogens with zero attached hydrogens (tertiary/aromatic N) is 1. The zero-order chi connectivity index (χ0) is 18.4. The summed E-state index contributed by atoms with van der Waals surface area (Å²) in [6, 6.07) is 19.6. The summed E-state index contributed by atoms with van der Waals surface area (Å²) in [5.74, 6) is 0.768. The first-order valence-electron chi connectivity index (χ1n) is 9.34. The predicted molar refractivity (Wildman–Crippen MR) is 106 cm³/mol. The summed E-state index contributed by atoms with van der Waals surface area (Å²) in [6.07, 6.45) is 2.33. The van der Waals surface area contributed by atoms with E-state index in [1.54, 1.807) is 0 Å². The van der Waals surface area contributed by atoms with E-state index in [2.05, 4.69) is 28.7 Å². The molecule has 0 spiro atoms. The Balaban J connectivity index is 1.69. The van der Waals surface area contributed by atoms with Crippen LogP contribution in [0.2, 0.25) is 0 Å². The van der Waals surface area contributed by atoms with Gasteiger partial charge in [0.2, 0.25) is 10.0 Å². The van der Waals surface area contributed by atoms with Crippen LogP contribution in [0, 0.1) is 5.92 Å². The van der Waals surface area contributed by atoms with E-state index in [1.165, 1.54) is 18.4 Å². The minimum atomic E-state index is -3.36.